The van der Waals surface area contributed by atoms with Crippen LogP contribution in [0.4, 0.5) is 0 Å². The average Bonchev–Trinajstić information content (AvgIpc) is 2.54. The Hall–Kier alpha value is -0.760. The minimum Gasteiger partial charge on any atom is -0.345 e. The number of aromatic nitrogens is 1. The van der Waals surface area contributed by atoms with Gasteiger partial charge in [0.05, 0.1) is 6.04 Å². The van der Waals surface area contributed by atoms with Crippen LogP contribution in [0.2, 0.25) is 0 Å². The third-order valence-corrected chi connectivity index (χ3v) is 2.46. The molecule has 1 fully saturated rings. The zero-order valence-corrected chi connectivity index (χ0v) is 7.04. The van der Waals surface area contributed by atoms with Crippen molar-refractivity contribution < 1.29 is 0 Å². The van der Waals surface area contributed by atoms with Crippen LogP contribution in [0.1, 0.15) is 23.9 Å². The Kier molecular flexibility index (Phi) is 1.33. The lowest BCUT2D eigenvalue weighted by atomic mass is 10.5. The highest BCUT2D eigenvalue weighted by molar-refractivity contribution is 5.18. The lowest BCUT2D eigenvalue weighted by molar-refractivity contribution is 0.676. The van der Waals surface area contributed by atoms with Crippen molar-refractivity contribution in [1.29, 1.82) is 0 Å². The molecule has 2 atom stereocenters. The number of hydrogen-bond donors (Lipinski definition) is 1. The Labute approximate surface area is 67.0 Å². The monoisotopic (exact) mass is 150 g/mol. The largest absolute Gasteiger partial charge is 0.345 e. The second kappa shape index (κ2) is 2.11. The third kappa shape index (κ3) is 0.979. The number of hydrogen-bond acceptors (Lipinski definition) is 1. The van der Waals surface area contributed by atoms with Crippen LogP contribution in [0.3, 0.4) is 0 Å². The van der Waals surface area contributed by atoms with Crippen molar-refractivity contribution in [3.05, 3.63) is 23.5 Å². The van der Waals surface area contributed by atoms with Gasteiger partial charge in [0.2, 0.25) is 0 Å². The van der Waals surface area contributed by atoms with Gasteiger partial charge in [0, 0.05) is 17.4 Å². The van der Waals surface area contributed by atoms with Crippen molar-refractivity contribution in [2.75, 3.05) is 0 Å². The molecule has 1 saturated carbocycles. The van der Waals surface area contributed by atoms with Crippen molar-refractivity contribution in [1.82, 2.24) is 4.57 Å². The molecule has 0 bridgehead atoms. The molecule has 2 rings (SSSR count). The summed E-state index contributed by atoms with van der Waals surface area (Å²) in [7, 11) is 0. The van der Waals surface area contributed by atoms with Gasteiger partial charge in [-0.3, -0.25) is 0 Å². The van der Waals surface area contributed by atoms with Crippen LogP contribution < -0.4 is 5.73 Å². The lowest BCUT2D eigenvalue weighted by Gasteiger charge is -2.06. The summed E-state index contributed by atoms with van der Waals surface area (Å²) in [6.07, 6.45) is 1.15. The quantitative estimate of drug-likeness (QED) is 0.644. The van der Waals surface area contributed by atoms with E-state index in [9.17, 15) is 0 Å². The van der Waals surface area contributed by atoms with Gasteiger partial charge < -0.3 is 10.3 Å². The fraction of sp³-hybridized carbons (Fsp3) is 0.556. The Morgan fingerprint density at radius 2 is 1.82 bits per heavy atom. The molecule has 1 heterocycles. The maximum Gasteiger partial charge on any atom is 0.0503 e. The highest BCUT2D eigenvalue weighted by Gasteiger charge is 2.36. The molecule has 0 radical (unpaired) electrons. The molecule has 60 valence electrons. The van der Waals surface area contributed by atoms with Crippen LogP contribution in [0.25, 0.3) is 0 Å². The summed E-state index contributed by atoms with van der Waals surface area (Å²) in [5.41, 5.74) is 8.44. The van der Waals surface area contributed by atoms with E-state index in [1.54, 1.807) is 0 Å². The Balaban J connectivity index is 2.36. The first kappa shape index (κ1) is 6.92. The molecule has 1 aromatic heterocycles. The minimum atomic E-state index is 0.403. The second-order valence-electron chi connectivity index (χ2n) is 3.45. The average molecular weight is 150 g/mol. The van der Waals surface area contributed by atoms with Crippen LogP contribution in [-0.2, 0) is 0 Å². The molecule has 0 spiro atoms. The Morgan fingerprint density at radius 3 is 2.18 bits per heavy atom. The zero-order chi connectivity index (χ0) is 8.01. The molecule has 2 nitrogen and oxygen atoms in total. The van der Waals surface area contributed by atoms with Gasteiger partial charge in [-0.05, 0) is 32.4 Å². The first-order valence-electron chi connectivity index (χ1n) is 4.10. The first-order valence-corrected chi connectivity index (χ1v) is 4.10. The van der Waals surface area contributed by atoms with Gasteiger partial charge in [0.15, 0.2) is 0 Å². The van der Waals surface area contributed by atoms with Gasteiger partial charge >= 0.3 is 0 Å². The van der Waals surface area contributed by atoms with E-state index in [4.69, 9.17) is 5.73 Å². The van der Waals surface area contributed by atoms with E-state index in [1.165, 1.54) is 11.4 Å². The summed E-state index contributed by atoms with van der Waals surface area (Å²) in [6, 6.07) is 5.30. The van der Waals surface area contributed by atoms with Crippen LogP contribution in [0.5, 0.6) is 0 Å². The number of aryl methyl sites for hydroxylation is 2. The van der Waals surface area contributed by atoms with Gasteiger partial charge in [-0.25, -0.2) is 0 Å². The maximum absolute atomic E-state index is 5.77. The summed E-state index contributed by atoms with van der Waals surface area (Å²) >= 11 is 0. The maximum atomic E-state index is 5.77. The summed E-state index contributed by atoms with van der Waals surface area (Å²) < 4.78 is 2.34. The number of nitrogens with two attached hydrogens (primary N) is 1. The molecular weight excluding hydrogens is 136 g/mol. The first-order chi connectivity index (χ1) is 5.20. The molecule has 0 aliphatic heterocycles. The Bertz CT molecular complexity index is 256. The van der Waals surface area contributed by atoms with Crippen molar-refractivity contribution >= 4 is 0 Å². The van der Waals surface area contributed by atoms with Crippen molar-refractivity contribution in [3.63, 3.8) is 0 Å². The second-order valence-corrected chi connectivity index (χ2v) is 3.45. The number of nitrogens with zero attached hydrogens (tertiary/aromatic N) is 1. The van der Waals surface area contributed by atoms with E-state index in [1.807, 2.05) is 0 Å². The molecule has 0 amide bonds. The molecule has 1 aliphatic carbocycles. The van der Waals surface area contributed by atoms with Crippen LogP contribution in [0, 0.1) is 13.8 Å². The van der Waals surface area contributed by atoms with Gasteiger partial charge in [-0.1, -0.05) is 0 Å². The summed E-state index contributed by atoms with van der Waals surface area (Å²) in [5, 5.41) is 0. The summed E-state index contributed by atoms with van der Waals surface area (Å²) in [6.45, 7) is 4.27. The van der Waals surface area contributed by atoms with Gasteiger partial charge in [0.1, 0.15) is 0 Å². The summed E-state index contributed by atoms with van der Waals surface area (Å²) in [5.74, 6) is 0. The van der Waals surface area contributed by atoms with Crippen molar-refractivity contribution in [3.8, 4) is 0 Å². The van der Waals surface area contributed by atoms with Crippen LogP contribution in [-0.4, -0.2) is 10.6 Å². The predicted molar refractivity (Wildman–Crippen MR) is 45.5 cm³/mol. The fourth-order valence-corrected chi connectivity index (χ4v) is 1.70. The number of rotatable bonds is 1. The molecule has 1 aliphatic rings. The minimum absolute atomic E-state index is 0.403. The standard InChI is InChI=1S/C9H14N2/c1-6-3-4-7(2)11(6)9-5-8(9)10/h3-4,8-9H,5,10H2,1-2H3. The molecular formula is C9H14N2. The SMILES string of the molecule is Cc1ccc(C)n1C1CC1N. The highest BCUT2D eigenvalue weighted by Crippen LogP contribution is 2.36. The highest BCUT2D eigenvalue weighted by atomic mass is 15.1. The molecule has 2 unspecified atom stereocenters. The molecule has 1 aromatic rings. The van der Waals surface area contributed by atoms with Crippen LogP contribution >= 0.6 is 0 Å². The zero-order valence-electron chi connectivity index (χ0n) is 7.04. The van der Waals surface area contributed by atoms with E-state index >= 15 is 0 Å². The van der Waals surface area contributed by atoms with E-state index in [0.29, 0.717) is 12.1 Å². The molecule has 2 heteroatoms. The predicted octanol–water partition coefficient (Wildman–Crippen LogP) is 1.38. The van der Waals surface area contributed by atoms with Crippen molar-refractivity contribution in [2.24, 2.45) is 5.73 Å². The summed E-state index contributed by atoms with van der Waals surface area (Å²) in [4.78, 5) is 0. The molecule has 2 N–H and O–H groups in total. The van der Waals surface area contributed by atoms with Gasteiger partial charge in [-0.15, -0.1) is 0 Å². The van der Waals surface area contributed by atoms with E-state index in [2.05, 4.69) is 30.5 Å². The molecule has 0 aromatic carbocycles. The normalized spacial score (nSPS) is 29.0. The smallest absolute Gasteiger partial charge is 0.0503 e. The fourth-order valence-electron chi connectivity index (χ4n) is 1.70. The van der Waals surface area contributed by atoms with Gasteiger partial charge in [-0.2, -0.15) is 0 Å². The van der Waals surface area contributed by atoms with E-state index < -0.39 is 0 Å². The Morgan fingerprint density at radius 1 is 1.36 bits per heavy atom. The third-order valence-electron chi connectivity index (χ3n) is 2.46. The van der Waals surface area contributed by atoms with E-state index in [-0.39, 0.29) is 0 Å². The molecule has 11 heavy (non-hydrogen) atoms. The van der Waals surface area contributed by atoms with Crippen LogP contribution in [0.15, 0.2) is 12.1 Å². The molecule has 0 saturated heterocycles. The van der Waals surface area contributed by atoms with Crippen molar-refractivity contribution in [2.45, 2.75) is 32.4 Å². The van der Waals surface area contributed by atoms with E-state index in [0.717, 1.165) is 6.42 Å². The topological polar surface area (TPSA) is 30.9 Å². The lowest BCUT2D eigenvalue weighted by Crippen LogP contribution is -2.08. The van der Waals surface area contributed by atoms with Gasteiger partial charge in [0.25, 0.3) is 0 Å².